The van der Waals surface area contributed by atoms with Crippen LogP contribution in [0.15, 0.2) is 0 Å². The largest absolute Gasteiger partial charge is 0.481 e. The van der Waals surface area contributed by atoms with Crippen molar-refractivity contribution in [3.63, 3.8) is 0 Å². The molecule has 0 aliphatic carbocycles. The summed E-state index contributed by atoms with van der Waals surface area (Å²) in [6.07, 6.45) is -4.29. The lowest BCUT2D eigenvalue weighted by Crippen LogP contribution is -2.41. The lowest BCUT2D eigenvalue weighted by atomic mass is 10.1. The molecule has 0 bridgehead atoms. The predicted octanol–water partition coefficient (Wildman–Crippen LogP) is 0.959. The van der Waals surface area contributed by atoms with Gasteiger partial charge in [0.15, 0.2) is 0 Å². The van der Waals surface area contributed by atoms with E-state index in [2.05, 4.69) is 5.32 Å². The summed E-state index contributed by atoms with van der Waals surface area (Å²) in [5.41, 5.74) is 0. The monoisotopic (exact) mass is 242 g/mol. The maximum atomic E-state index is 11.7. The van der Waals surface area contributed by atoms with E-state index in [1.807, 2.05) is 0 Å². The number of urea groups is 1. The third-order valence-electron chi connectivity index (χ3n) is 1.73. The molecule has 0 fully saturated rings. The molecule has 0 rings (SSSR count). The molecule has 3 N–H and O–H groups in total. The average Bonchev–Trinajstić information content (AvgIpc) is 2.13. The first kappa shape index (κ1) is 14.5. The van der Waals surface area contributed by atoms with Gasteiger partial charge in [-0.1, -0.05) is 6.92 Å². The van der Waals surface area contributed by atoms with Gasteiger partial charge in [-0.25, -0.2) is 4.79 Å². The first-order valence-corrected chi connectivity index (χ1v) is 4.53. The molecule has 0 radical (unpaired) electrons. The number of carboxylic acid groups (broad SMARTS) is 1. The molecular formula is C8H13F3N2O3. The molecule has 2 amide bonds. The van der Waals surface area contributed by atoms with E-state index in [1.165, 1.54) is 6.92 Å². The van der Waals surface area contributed by atoms with Crippen molar-refractivity contribution in [2.45, 2.75) is 19.5 Å². The van der Waals surface area contributed by atoms with Crippen LogP contribution < -0.4 is 10.6 Å². The third kappa shape index (κ3) is 7.89. The number of alkyl halides is 3. The molecule has 0 saturated heterocycles. The first-order chi connectivity index (χ1) is 7.22. The molecule has 5 nitrogen and oxygen atoms in total. The molecule has 1 atom stereocenters. The van der Waals surface area contributed by atoms with Crippen molar-refractivity contribution < 1.29 is 27.9 Å². The van der Waals surface area contributed by atoms with Gasteiger partial charge < -0.3 is 15.7 Å². The van der Waals surface area contributed by atoms with E-state index in [4.69, 9.17) is 5.11 Å². The highest BCUT2D eigenvalue weighted by Crippen LogP contribution is 2.11. The fraction of sp³-hybridized carbons (Fsp3) is 0.750. The Balaban J connectivity index is 3.63. The van der Waals surface area contributed by atoms with Gasteiger partial charge in [-0.15, -0.1) is 0 Å². The SMILES string of the molecule is CC(CCNC(=O)NCC(F)(F)F)C(=O)O. The summed E-state index contributed by atoms with van der Waals surface area (Å²) in [6, 6.07) is -0.963. The van der Waals surface area contributed by atoms with Crippen LogP contribution in [0.3, 0.4) is 0 Å². The van der Waals surface area contributed by atoms with Crippen LogP contribution in [-0.4, -0.2) is 36.4 Å². The van der Waals surface area contributed by atoms with Crippen LogP contribution in [0, 0.1) is 5.92 Å². The predicted molar refractivity (Wildman–Crippen MR) is 48.9 cm³/mol. The van der Waals surface area contributed by atoms with E-state index in [9.17, 15) is 22.8 Å². The van der Waals surface area contributed by atoms with E-state index < -0.39 is 30.6 Å². The Hall–Kier alpha value is -1.47. The van der Waals surface area contributed by atoms with Crippen molar-refractivity contribution in [2.24, 2.45) is 5.92 Å². The van der Waals surface area contributed by atoms with Gasteiger partial charge in [0.2, 0.25) is 0 Å². The normalized spacial score (nSPS) is 13.0. The number of carbonyl (C=O) groups excluding carboxylic acids is 1. The van der Waals surface area contributed by atoms with E-state index >= 15 is 0 Å². The molecule has 0 saturated carbocycles. The Bertz CT molecular complexity index is 255. The van der Waals surface area contributed by atoms with Crippen LogP contribution in [0.1, 0.15) is 13.3 Å². The fourth-order valence-electron chi connectivity index (χ4n) is 0.769. The zero-order valence-electron chi connectivity index (χ0n) is 8.60. The molecule has 0 aromatic rings. The van der Waals surface area contributed by atoms with Crippen molar-refractivity contribution in [3.05, 3.63) is 0 Å². The standard InChI is InChI=1S/C8H13F3N2O3/c1-5(6(14)15)2-3-12-7(16)13-4-8(9,10)11/h5H,2-4H2,1H3,(H,14,15)(H2,12,13,16). The second-order valence-corrected chi connectivity index (χ2v) is 3.25. The number of carboxylic acids is 1. The molecule has 0 aromatic carbocycles. The van der Waals surface area contributed by atoms with Crippen LogP contribution in [0.2, 0.25) is 0 Å². The van der Waals surface area contributed by atoms with Crippen LogP contribution in [-0.2, 0) is 4.79 Å². The quantitative estimate of drug-likeness (QED) is 0.671. The fourth-order valence-corrected chi connectivity index (χ4v) is 0.769. The van der Waals surface area contributed by atoms with Crippen molar-refractivity contribution >= 4 is 12.0 Å². The highest BCUT2D eigenvalue weighted by atomic mass is 19.4. The summed E-state index contributed by atoms with van der Waals surface area (Å²) in [7, 11) is 0. The molecule has 0 aromatic heterocycles. The molecule has 16 heavy (non-hydrogen) atoms. The summed E-state index contributed by atoms with van der Waals surface area (Å²) in [6.45, 7) is 0.0438. The van der Waals surface area contributed by atoms with Crippen molar-refractivity contribution in [1.29, 1.82) is 0 Å². The number of amides is 2. The van der Waals surface area contributed by atoms with Crippen LogP contribution in [0.4, 0.5) is 18.0 Å². The minimum Gasteiger partial charge on any atom is -0.481 e. The van der Waals surface area contributed by atoms with E-state index in [0.29, 0.717) is 0 Å². The number of nitrogens with one attached hydrogen (secondary N) is 2. The number of aliphatic carboxylic acids is 1. The topological polar surface area (TPSA) is 78.4 Å². The number of rotatable bonds is 5. The summed E-state index contributed by atoms with van der Waals surface area (Å²) in [4.78, 5) is 21.1. The third-order valence-corrected chi connectivity index (χ3v) is 1.73. The van der Waals surface area contributed by atoms with Crippen molar-refractivity contribution in [2.75, 3.05) is 13.1 Å². The maximum Gasteiger partial charge on any atom is 0.405 e. The van der Waals surface area contributed by atoms with Gasteiger partial charge in [0.1, 0.15) is 6.54 Å². The lowest BCUT2D eigenvalue weighted by molar-refractivity contribution is -0.141. The Kier molecular flexibility index (Phi) is 5.62. The van der Waals surface area contributed by atoms with Crippen LogP contribution >= 0.6 is 0 Å². The molecule has 8 heteroatoms. The Morgan fingerprint density at radius 3 is 2.31 bits per heavy atom. The smallest absolute Gasteiger partial charge is 0.405 e. The molecule has 0 aliphatic heterocycles. The number of carbonyl (C=O) groups is 2. The van der Waals surface area contributed by atoms with Crippen LogP contribution in [0.5, 0.6) is 0 Å². The Morgan fingerprint density at radius 2 is 1.88 bits per heavy atom. The number of hydrogen-bond acceptors (Lipinski definition) is 2. The summed E-state index contributed by atoms with van der Waals surface area (Å²) in [5, 5.41) is 12.2. The molecule has 0 spiro atoms. The minimum absolute atomic E-state index is 0.0111. The van der Waals surface area contributed by atoms with E-state index in [0.717, 1.165) is 0 Å². The van der Waals surface area contributed by atoms with Crippen molar-refractivity contribution in [1.82, 2.24) is 10.6 Å². The Morgan fingerprint density at radius 1 is 1.31 bits per heavy atom. The summed E-state index contributed by atoms with van der Waals surface area (Å²) < 4.78 is 35.0. The van der Waals surface area contributed by atoms with Gasteiger partial charge in [-0.3, -0.25) is 4.79 Å². The number of halogens is 3. The van der Waals surface area contributed by atoms with E-state index in [-0.39, 0.29) is 13.0 Å². The molecule has 0 aliphatic rings. The van der Waals surface area contributed by atoms with Gasteiger partial charge in [0.25, 0.3) is 0 Å². The molecular weight excluding hydrogens is 229 g/mol. The average molecular weight is 242 g/mol. The second-order valence-electron chi connectivity index (χ2n) is 3.25. The van der Waals surface area contributed by atoms with Gasteiger partial charge in [-0.2, -0.15) is 13.2 Å². The van der Waals surface area contributed by atoms with Crippen molar-refractivity contribution in [3.8, 4) is 0 Å². The van der Waals surface area contributed by atoms with Gasteiger partial charge in [0.05, 0.1) is 5.92 Å². The zero-order chi connectivity index (χ0) is 12.8. The second kappa shape index (κ2) is 6.19. The highest BCUT2D eigenvalue weighted by Gasteiger charge is 2.27. The molecule has 1 unspecified atom stereocenters. The van der Waals surface area contributed by atoms with Gasteiger partial charge >= 0.3 is 18.2 Å². The van der Waals surface area contributed by atoms with E-state index in [1.54, 1.807) is 5.32 Å². The molecule has 94 valence electrons. The summed E-state index contributed by atoms with van der Waals surface area (Å²) in [5.74, 6) is -1.67. The summed E-state index contributed by atoms with van der Waals surface area (Å²) >= 11 is 0. The number of hydrogen-bond donors (Lipinski definition) is 3. The minimum atomic E-state index is -4.45. The lowest BCUT2D eigenvalue weighted by Gasteiger charge is -2.10. The Labute approximate surface area is 90.0 Å². The first-order valence-electron chi connectivity index (χ1n) is 4.53. The highest BCUT2D eigenvalue weighted by molar-refractivity contribution is 5.74. The molecule has 0 heterocycles. The van der Waals surface area contributed by atoms with Gasteiger partial charge in [0, 0.05) is 6.54 Å². The maximum absolute atomic E-state index is 11.7. The zero-order valence-corrected chi connectivity index (χ0v) is 8.60. The van der Waals surface area contributed by atoms with Gasteiger partial charge in [-0.05, 0) is 6.42 Å². The van der Waals surface area contributed by atoms with Crippen LogP contribution in [0.25, 0.3) is 0 Å².